The summed E-state index contributed by atoms with van der Waals surface area (Å²) < 4.78 is 11.6. The number of nitrogens with zero attached hydrogens (tertiary/aromatic N) is 5. The number of ether oxygens (including phenoxy) is 2. The van der Waals surface area contributed by atoms with Crippen molar-refractivity contribution in [3.05, 3.63) is 77.4 Å². The van der Waals surface area contributed by atoms with Gasteiger partial charge in [0.15, 0.2) is 11.7 Å². The second kappa shape index (κ2) is 12.7. The first-order valence-electron chi connectivity index (χ1n) is 15.4. The highest BCUT2D eigenvalue weighted by Gasteiger charge is 2.51. The molecule has 0 bridgehead atoms. The Morgan fingerprint density at radius 1 is 1.15 bits per heavy atom. The van der Waals surface area contributed by atoms with Gasteiger partial charge in [-0.05, 0) is 47.0 Å². The zero-order chi connectivity index (χ0) is 33.5. The summed E-state index contributed by atoms with van der Waals surface area (Å²) in [5, 5.41) is 9.26. The zero-order valence-electron chi connectivity index (χ0n) is 26.3. The quantitative estimate of drug-likeness (QED) is 0.256. The van der Waals surface area contributed by atoms with Crippen LogP contribution in [0.5, 0.6) is 11.5 Å². The normalized spacial score (nSPS) is 19.1. The number of urea groups is 1. The van der Waals surface area contributed by atoms with Gasteiger partial charge in [0.05, 0.1) is 36.1 Å². The highest BCUT2D eigenvalue weighted by Crippen LogP contribution is 2.34. The SMILES string of the molecule is COc1ccc(CNC(=O)N(C)N2CC(=O)N3[C@@H](Cc4ccc5c(c4)NC(=O)CO5)C(=O)N(Cc4cccc5sc(N)nc45)C[C@@H]32)cc1. The maximum atomic E-state index is 14.3. The Hall–Kier alpha value is -5.41. The largest absolute Gasteiger partial charge is 0.497 e. The number of carbonyl (C=O) groups is 4. The molecule has 0 radical (unpaired) electrons. The summed E-state index contributed by atoms with van der Waals surface area (Å²) in [7, 11) is 3.20. The lowest BCUT2D eigenvalue weighted by atomic mass is 9.99. The van der Waals surface area contributed by atoms with Crippen LogP contribution >= 0.6 is 11.3 Å². The molecule has 0 saturated carbocycles. The van der Waals surface area contributed by atoms with Crippen molar-refractivity contribution in [1.29, 1.82) is 0 Å². The van der Waals surface area contributed by atoms with Gasteiger partial charge in [0, 0.05) is 26.6 Å². The van der Waals surface area contributed by atoms with Crippen LogP contribution in [-0.4, -0.2) is 94.6 Å². The van der Waals surface area contributed by atoms with E-state index >= 15 is 0 Å². The van der Waals surface area contributed by atoms with Gasteiger partial charge >= 0.3 is 6.03 Å². The number of amides is 5. The number of anilines is 2. The average Bonchev–Trinajstić information content (AvgIpc) is 3.64. The third-order valence-electron chi connectivity index (χ3n) is 8.83. The van der Waals surface area contributed by atoms with E-state index in [0.717, 1.165) is 26.9 Å². The number of hydrazine groups is 1. The second-order valence-corrected chi connectivity index (χ2v) is 12.9. The predicted octanol–water partition coefficient (Wildman–Crippen LogP) is 2.40. The van der Waals surface area contributed by atoms with Crippen LogP contribution in [0.15, 0.2) is 60.7 Å². The van der Waals surface area contributed by atoms with Crippen molar-refractivity contribution < 1.29 is 28.7 Å². The Bertz CT molecular complexity index is 1920. The molecule has 2 saturated heterocycles. The number of aromatic nitrogens is 1. The Morgan fingerprint density at radius 2 is 1.94 bits per heavy atom. The zero-order valence-corrected chi connectivity index (χ0v) is 27.2. The van der Waals surface area contributed by atoms with Crippen LogP contribution in [0, 0.1) is 0 Å². The molecule has 2 atom stereocenters. The number of piperazine rings is 1. The standard InChI is InChI=1S/C33H34N8O6S/c1-38(33(45)35-14-19-6-9-22(46-2)10-7-19)40-17-29(43)41-24(13-20-8-11-25-23(12-20)36-27(42)18-47-25)31(44)39(16-28(40)41)15-21-4-3-5-26-30(21)37-32(34)48-26/h3-12,24,28H,13-18H2,1-2H3,(H2,34,37)(H,35,45)(H,36,42)/t24-,28+/m0/s1. The van der Waals surface area contributed by atoms with Crippen LogP contribution in [0.25, 0.3) is 10.2 Å². The van der Waals surface area contributed by atoms with E-state index < -0.39 is 18.2 Å². The second-order valence-electron chi connectivity index (χ2n) is 11.8. The number of nitrogens with one attached hydrogen (secondary N) is 2. The van der Waals surface area contributed by atoms with Crippen molar-refractivity contribution in [3.63, 3.8) is 0 Å². The van der Waals surface area contributed by atoms with Gasteiger partial charge < -0.3 is 35.6 Å². The summed E-state index contributed by atoms with van der Waals surface area (Å²) in [4.78, 5) is 61.2. The van der Waals surface area contributed by atoms with Crippen molar-refractivity contribution >= 4 is 56.1 Å². The van der Waals surface area contributed by atoms with Crippen molar-refractivity contribution in [1.82, 2.24) is 30.1 Å². The van der Waals surface area contributed by atoms with Crippen molar-refractivity contribution in [2.45, 2.75) is 31.7 Å². The fourth-order valence-corrected chi connectivity index (χ4v) is 7.22. The molecule has 3 aromatic carbocycles. The van der Waals surface area contributed by atoms with Gasteiger partial charge in [-0.15, -0.1) is 0 Å². The van der Waals surface area contributed by atoms with E-state index in [-0.39, 0.29) is 56.9 Å². The molecule has 2 fully saturated rings. The summed E-state index contributed by atoms with van der Waals surface area (Å²) in [6.45, 7) is 0.530. The predicted molar refractivity (Wildman–Crippen MR) is 178 cm³/mol. The minimum Gasteiger partial charge on any atom is -0.497 e. The number of rotatable bonds is 8. The fraction of sp³-hybridized carbons (Fsp3) is 0.303. The molecule has 4 N–H and O–H groups in total. The molecule has 5 amide bonds. The van der Waals surface area contributed by atoms with Gasteiger partial charge in [0.1, 0.15) is 23.7 Å². The average molecular weight is 671 g/mol. The molecule has 0 spiro atoms. The third kappa shape index (κ3) is 5.93. The molecule has 48 heavy (non-hydrogen) atoms. The molecule has 7 rings (SSSR count). The number of nitrogens with two attached hydrogens (primary N) is 1. The first-order chi connectivity index (χ1) is 23.2. The maximum absolute atomic E-state index is 14.3. The number of nitrogen functional groups attached to an aromatic ring is 1. The lowest BCUT2D eigenvalue weighted by molar-refractivity contribution is -0.157. The Labute approximate surface area is 280 Å². The van der Waals surface area contributed by atoms with Crippen LogP contribution in [-0.2, 0) is 33.9 Å². The van der Waals surface area contributed by atoms with Crippen molar-refractivity contribution in [3.8, 4) is 11.5 Å². The summed E-state index contributed by atoms with van der Waals surface area (Å²) in [6, 6.07) is 17.2. The lowest BCUT2D eigenvalue weighted by Gasteiger charge is -2.45. The Kier molecular flexibility index (Phi) is 8.23. The number of methoxy groups -OCH3 is 1. The number of hydrogen-bond acceptors (Lipinski definition) is 10. The number of carbonyl (C=O) groups excluding carboxylic acids is 4. The summed E-state index contributed by atoms with van der Waals surface area (Å²) in [6.07, 6.45) is -0.423. The smallest absolute Gasteiger partial charge is 0.332 e. The van der Waals surface area contributed by atoms with Gasteiger partial charge in [-0.2, -0.15) is 5.01 Å². The Balaban J connectivity index is 1.16. The molecule has 0 aliphatic carbocycles. The molecule has 4 heterocycles. The molecule has 248 valence electrons. The molecular formula is C33H34N8O6S. The molecule has 0 unspecified atom stereocenters. The van der Waals surface area contributed by atoms with E-state index in [2.05, 4.69) is 15.6 Å². The molecule has 1 aromatic heterocycles. The van der Waals surface area contributed by atoms with E-state index in [0.29, 0.717) is 22.3 Å². The van der Waals surface area contributed by atoms with Gasteiger partial charge in [-0.3, -0.25) is 19.4 Å². The van der Waals surface area contributed by atoms with Gasteiger partial charge in [-0.25, -0.2) is 9.78 Å². The summed E-state index contributed by atoms with van der Waals surface area (Å²) >= 11 is 1.38. The number of thiazole rings is 1. The fourth-order valence-electron chi connectivity index (χ4n) is 6.44. The van der Waals surface area contributed by atoms with Crippen LogP contribution in [0.4, 0.5) is 15.6 Å². The number of para-hydroxylation sites is 1. The number of benzene rings is 3. The molecule has 3 aliphatic rings. The topological polar surface area (TPSA) is 163 Å². The van der Waals surface area contributed by atoms with E-state index in [9.17, 15) is 19.2 Å². The minimum atomic E-state index is -0.866. The number of hydrogen-bond donors (Lipinski definition) is 3. The van der Waals surface area contributed by atoms with Gasteiger partial charge in [-0.1, -0.05) is 41.7 Å². The summed E-state index contributed by atoms with van der Waals surface area (Å²) in [5.74, 6) is 0.485. The van der Waals surface area contributed by atoms with E-state index in [4.69, 9.17) is 15.2 Å². The molecular weight excluding hydrogens is 636 g/mol. The molecule has 14 nitrogen and oxygen atoms in total. The first-order valence-corrected chi connectivity index (χ1v) is 16.2. The van der Waals surface area contributed by atoms with Gasteiger partial charge in [0.25, 0.3) is 5.91 Å². The Morgan fingerprint density at radius 3 is 2.73 bits per heavy atom. The van der Waals surface area contributed by atoms with E-state index in [1.165, 1.54) is 16.3 Å². The van der Waals surface area contributed by atoms with Crippen molar-refractivity contribution in [2.75, 3.05) is 44.9 Å². The van der Waals surface area contributed by atoms with Crippen LogP contribution in [0.3, 0.4) is 0 Å². The maximum Gasteiger partial charge on any atom is 0.332 e. The molecule has 4 aromatic rings. The van der Waals surface area contributed by atoms with Crippen molar-refractivity contribution in [2.24, 2.45) is 0 Å². The highest BCUT2D eigenvalue weighted by atomic mass is 32.1. The highest BCUT2D eigenvalue weighted by molar-refractivity contribution is 7.22. The minimum absolute atomic E-state index is 0.0687. The van der Waals surface area contributed by atoms with Crippen LogP contribution < -0.4 is 25.8 Å². The van der Waals surface area contributed by atoms with Crippen LogP contribution in [0.2, 0.25) is 0 Å². The van der Waals surface area contributed by atoms with E-state index in [1.54, 1.807) is 41.1 Å². The lowest BCUT2D eigenvalue weighted by Crippen LogP contribution is -2.65. The monoisotopic (exact) mass is 670 g/mol. The van der Waals surface area contributed by atoms with Gasteiger partial charge in [0.2, 0.25) is 11.8 Å². The van der Waals surface area contributed by atoms with E-state index in [1.807, 2.05) is 48.5 Å². The molecule has 15 heteroatoms. The van der Waals surface area contributed by atoms with Crippen LogP contribution in [0.1, 0.15) is 16.7 Å². The number of fused-ring (bicyclic) bond motifs is 3. The first kappa shape index (κ1) is 31.2. The molecule has 3 aliphatic heterocycles. The summed E-state index contributed by atoms with van der Waals surface area (Å²) in [5.41, 5.74) is 9.71. The third-order valence-corrected chi connectivity index (χ3v) is 9.68.